The van der Waals surface area contributed by atoms with Gasteiger partial charge in [-0.25, -0.2) is 4.98 Å². The highest BCUT2D eigenvalue weighted by Crippen LogP contribution is 2.24. The molecule has 1 amide bonds. The van der Waals surface area contributed by atoms with Crippen molar-refractivity contribution in [2.45, 2.75) is 13.0 Å². The van der Waals surface area contributed by atoms with Crippen molar-refractivity contribution in [3.63, 3.8) is 0 Å². The first-order valence-corrected chi connectivity index (χ1v) is 6.29. The van der Waals surface area contributed by atoms with Crippen LogP contribution in [0.15, 0.2) is 18.3 Å². The van der Waals surface area contributed by atoms with Crippen molar-refractivity contribution in [3.05, 3.63) is 23.9 Å². The highest BCUT2D eigenvalue weighted by Gasteiger charge is 2.30. The highest BCUT2D eigenvalue weighted by atomic mass is 79.9. The number of nitrogens with zero attached hydrogens (tertiary/aromatic N) is 2. The summed E-state index contributed by atoms with van der Waals surface area (Å²) in [6.07, 6.45) is 2.19. The lowest BCUT2D eigenvalue weighted by atomic mass is 10.2. The molecule has 1 atom stereocenters. The van der Waals surface area contributed by atoms with Gasteiger partial charge in [-0.3, -0.25) is 9.69 Å². The van der Waals surface area contributed by atoms with Gasteiger partial charge in [0.2, 0.25) is 5.91 Å². The van der Waals surface area contributed by atoms with Crippen LogP contribution in [0.1, 0.15) is 12.0 Å². The zero-order valence-corrected chi connectivity index (χ0v) is 10.4. The van der Waals surface area contributed by atoms with Crippen LogP contribution < -0.4 is 4.90 Å². The second-order valence-electron chi connectivity index (χ2n) is 3.91. The number of aromatic nitrogens is 1. The van der Waals surface area contributed by atoms with Crippen molar-refractivity contribution in [1.82, 2.24) is 4.98 Å². The van der Waals surface area contributed by atoms with Crippen LogP contribution in [-0.4, -0.2) is 27.9 Å². The lowest BCUT2D eigenvalue weighted by Gasteiger charge is -2.15. The number of hydrogen-bond acceptors (Lipinski definition) is 3. The summed E-state index contributed by atoms with van der Waals surface area (Å²) in [5, 5.41) is 9.86. The van der Waals surface area contributed by atoms with Gasteiger partial charge in [0.25, 0.3) is 0 Å². The van der Waals surface area contributed by atoms with E-state index in [0.717, 1.165) is 10.9 Å². The molecule has 4 nitrogen and oxygen atoms in total. The van der Waals surface area contributed by atoms with Gasteiger partial charge in [-0.2, -0.15) is 0 Å². The zero-order valence-electron chi connectivity index (χ0n) is 8.77. The zero-order chi connectivity index (χ0) is 11.5. The molecule has 1 aromatic heterocycles. The number of carbonyl (C=O) groups excluding carboxylic acids is 1. The minimum absolute atomic E-state index is 0.0283. The number of alkyl halides is 1. The molecule has 1 fully saturated rings. The van der Waals surface area contributed by atoms with Gasteiger partial charge >= 0.3 is 0 Å². The smallest absolute Gasteiger partial charge is 0.228 e. The van der Waals surface area contributed by atoms with Crippen molar-refractivity contribution in [3.8, 4) is 0 Å². The molecule has 1 N–H and O–H groups in total. The average Bonchev–Trinajstić information content (AvgIpc) is 2.71. The second-order valence-corrected chi connectivity index (χ2v) is 4.56. The molecule has 0 aromatic carbocycles. The lowest BCUT2D eigenvalue weighted by molar-refractivity contribution is -0.117. The van der Waals surface area contributed by atoms with Crippen molar-refractivity contribution >= 4 is 27.7 Å². The Kier molecular flexibility index (Phi) is 3.56. The number of hydrogen-bond donors (Lipinski definition) is 1. The molecular weight excluding hydrogens is 272 g/mol. The van der Waals surface area contributed by atoms with Crippen LogP contribution in [0.5, 0.6) is 0 Å². The summed E-state index contributed by atoms with van der Waals surface area (Å²) in [6.45, 7) is 0.672. The van der Waals surface area contributed by atoms with Crippen molar-refractivity contribution in [1.29, 1.82) is 0 Å². The number of rotatable bonds is 3. The molecular formula is C11H13BrN2O2. The van der Waals surface area contributed by atoms with E-state index < -0.39 is 0 Å². The molecule has 0 radical (unpaired) electrons. The SMILES string of the molecule is O=C1CC(CBr)CN1c1cc(CO)ccn1. The Morgan fingerprint density at radius 3 is 3.06 bits per heavy atom. The van der Waals surface area contributed by atoms with Gasteiger partial charge in [0.05, 0.1) is 6.61 Å². The van der Waals surface area contributed by atoms with Crippen molar-refractivity contribution < 1.29 is 9.90 Å². The number of aliphatic hydroxyl groups is 1. The molecule has 2 heterocycles. The number of pyridine rings is 1. The summed E-state index contributed by atoms with van der Waals surface area (Å²) in [6, 6.07) is 3.50. The monoisotopic (exact) mass is 284 g/mol. The van der Waals surface area contributed by atoms with E-state index in [1.807, 2.05) is 0 Å². The van der Waals surface area contributed by atoms with E-state index in [1.165, 1.54) is 0 Å². The summed E-state index contributed by atoms with van der Waals surface area (Å²) in [7, 11) is 0. The molecule has 1 saturated heterocycles. The fourth-order valence-corrected chi connectivity index (χ4v) is 2.25. The van der Waals surface area contributed by atoms with E-state index >= 15 is 0 Å². The summed E-state index contributed by atoms with van der Waals surface area (Å²) in [4.78, 5) is 17.6. The van der Waals surface area contributed by atoms with E-state index in [2.05, 4.69) is 20.9 Å². The Morgan fingerprint density at radius 1 is 1.62 bits per heavy atom. The molecule has 1 aliphatic rings. The lowest BCUT2D eigenvalue weighted by Crippen LogP contribution is -2.25. The third kappa shape index (κ3) is 2.25. The van der Waals surface area contributed by atoms with Gasteiger partial charge in [-0.1, -0.05) is 15.9 Å². The predicted octanol–water partition coefficient (Wildman–Crippen LogP) is 1.32. The van der Waals surface area contributed by atoms with Crippen LogP contribution in [0, 0.1) is 5.92 Å². The van der Waals surface area contributed by atoms with E-state index in [4.69, 9.17) is 5.11 Å². The number of aliphatic hydroxyl groups excluding tert-OH is 1. The maximum atomic E-state index is 11.7. The molecule has 0 bridgehead atoms. The van der Waals surface area contributed by atoms with Crippen LogP contribution in [0.25, 0.3) is 0 Å². The molecule has 1 aromatic rings. The molecule has 0 aliphatic carbocycles. The third-order valence-corrected chi connectivity index (χ3v) is 3.61. The standard InChI is InChI=1S/C11H13BrN2O2/c12-5-9-4-11(16)14(6-9)10-3-8(7-15)1-2-13-10/h1-3,9,15H,4-7H2. The van der Waals surface area contributed by atoms with Crippen molar-refractivity contribution in [2.24, 2.45) is 5.92 Å². The average molecular weight is 285 g/mol. The van der Waals surface area contributed by atoms with Crippen molar-refractivity contribution in [2.75, 3.05) is 16.8 Å². The summed E-state index contributed by atoms with van der Waals surface area (Å²) < 4.78 is 0. The van der Waals surface area contributed by atoms with Gasteiger partial charge in [-0.05, 0) is 23.6 Å². The predicted molar refractivity (Wildman–Crippen MR) is 64.4 cm³/mol. The van der Waals surface area contributed by atoms with Crippen LogP contribution in [0.3, 0.4) is 0 Å². The fraction of sp³-hybridized carbons (Fsp3) is 0.455. The second kappa shape index (κ2) is 4.93. The number of carbonyl (C=O) groups is 1. The van der Waals surface area contributed by atoms with Crippen LogP contribution in [0.2, 0.25) is 0 Å². The minimum Gasteiger partial charge on any atom is -0.392 e. The Balaban J connectivity index is 2.20. The minimum atomic E-state index is -0.0283. The first-order chi connectivity index (χ1) is 7.74. The van der Waals surface area contributed by atoms with Crippen LogP contribution >= 0.6 is 15.9 Å². The largest absolute Gasteiger partial charge is 0.392 e. The topological polar surface area (TPSA) is 53.4 Å². The van der Waals surface area contributed by atoms with E-state index in [-0.39, 0.29) is 12.5 Å². The van der Waals surface area contributed by atoms with Gasteiger partial charge in [0, 0.05) is 24.5 Å². The van der Waals surface area contributed by atoms with Crippen LogP contribution in [-0.2, 0) is 11.4 Å². The number of amides is 1. The third-order valence-electron chi connectivity index (χ3n) is 2.69. The molecule has 86 valence electrons. The molecule has 2 rings (SSSR count). The van der Waals surface area contributed by atoms with Gasteiger partial charge in [0.1, 0.15) is 5.82 Å². The maximum absolute atomic E-state index is 11.7. The Morgan fingerprint density at radius 2 is 2.44 bits per heavy atom. The first-order valence-electron chi connectivity index (χ1n) is 5.16. The summed E-state index contributed by atoms with van der Waals surface area (Å²) in [5.74, 6) is 1.10. The molecule has 5 heteroatoms. The van der Waals surface area contributed by atoms with Gasteiger partial charge in [0.15, 0.2) is 0 Å². The summed E-state index contributed by atoms with van der Waals surface area (Å²) in [5.41, 5.74) is 0.778. The molecule has 1 unspecified atom stereocenters. The van der Waals surface area contributed by atoms with E-state index in [1.54, 1.807) is 23.2 Å². The summed E-state index contributed by atoms with van der Waals surface area (Å²) >= 11 is 3.39. The fourth-order valence-electron chi connectivity index (χ4n) is 1.81. The number of halogens is 1. The molecule has 0 saturated carbocycles. The highest BCUT2D eigenvalue weighted by molar-refractivity contribution is 9.09. The Hall–Kier alpha value is -0.940. The normalized spacial score (nSPS) is 20.5. The Labute approximate surface area is 102 Å². The first kappa shape index (κ1) is 11.5. The number of anilines is 1. The van der Waals surface area contributed by atoms with Gasteiger partial charge in [-0.15, -0.1) is 0 Å². The molecule has 16 heavy (non-hydrogen) atoms. The molecule has 0 spiro atoms. The van der Waals surface area contributed by atoms with Crippen LogP contribution in [0.4, 0.5) is 5.82 Å². The maximum Gasteiger partial charge on any atom is 0.228 e. The Bertz CT molecular complexity index is 397. The van der Waals surface area contributed by atoms with Gasteiger partial charge < -0.3 is 5.11 Å². The van der Waals surface area contributed by atoms with E-state index in [0.29, 0.717) is 24.7 Å². The molecule has 1 aliphatic heterocycles. The quantitative estimate of drug-likeness (QED) is 0.852. The van der Waals surface area contributed by atoms with E-state index in [9.17, 15) is 4.79 Å².